The molecule has 0 unspecified atom stereocenters. The van der Waals surface area contributed by atoms with E-state index >= 15 is 0 Å². The van der Waals surface area contributed by atoms with Crippen molar-refractivity contribution in [1.29, 1.82) is 0 Å². The summed E-state index contributed by atoms with van der Waals surface area (Å²) in [7, 11) is 0. The Morgan fingerprint density at radius 3 is 2.67 bits per heavy atom. The highest BCUT2D eigenvalue weighted by atomic mass is 32.1. The smallest absolute Gasteiger partial charge is 0.0449 e. The summed E-state index contributed by atoms with van der Waals surface area (Å²) in [5.41, 5.74) is 7.13. The molecule has 0 amide bonds. The Morgan fingerprint density at radius 1 is 1.58 bits per heavy atom. The van der Waals surface area contributed by atoms with Crippen LogP contribution in [0.25, 0.3) is 0 Å². The van der Waals surface area contributed by atoms with Gasteiger partial charge in [-0.3, -0.25) is 0 Å². The lowest BCUT2D eigenvalue weighted by Gasteiger charge is -2.05. The molecular formula is C9H15NOS. The number of thiophene rings is 1. The van der Waals surface area contributed by atoms with Crippen LogP contribution in [0.4, 0.5) is 0 Å². The summed E-state index contributed by atoms with van der Waals surface area (Å²) in [6.07, 6.45) is 0.652. The Labute approximate surface area is 77.0 Å². The van der Waals surface area contributed by atoms with Gasteiger partial charge in [0.2, 0.25) is 0 Å². The molecule has 0 aliphatic rings. The molecule has 0 saturated heterocycles. The van der Waals surface area contributed by atoms with Crippen LogP contribution < -0.4 is 5.73 Å². The second kappa shape index (κ2) is 4.03. The van der Waals surface area contributed by atoms with E-state index in [1.54, 1.807) is 11.3 Å². The van der Waals surface area contributed by atoms with Gasteiger partial charge >= 0.3 is 0 Å². The molecular weight excluding hydrogens is 170 g/mol. The van der Waals surface area contributed by atoms with Gasteiger partial charge in [0.05, 0.1) is 0 Å². The van der Waals surface area contributed by atoms with Crippen molar-refractivity contribution in [3.8, 4) is 0 Å². The Bertz CT molecular complexity index is 238. The molecule has 0 fully saturated rings. The number of aryl methyl sites for hydroxylation is 2. The molecule has 0 aliphatic heterocycles. The van der Waals surface area contributed by atoms with E-state index in [1.165, 1.54) is 15.3 Å². The second-order valence-corrected chi connectivity index (χ2v) is 4.29. The molecule has 0 bridgehead atoms. The molecule has 0 aromatic carbocycles. The highest BCUT2D eigenvalue weighted by molar-refractivity contribution is 7.12. The molecule has 0 spiro atoms. The number of hydrogen-bond acceptors (Lipinski definition) is 3. The number of aliphatic hydroxyl groups excluding tert-OH is 1. The molecule has 0 radical (unpaired) electrons. The molecule has 1 rings (SSSR count). The number of aliphatic hydroxyl groups is 1. The van der Waals surface area contributed by atoms with Gasteiger partial charge in [0, 0.05) is 22.4 Å². The van der Waals surface area contributed by atoms with Gasteiger partial charge in [-0.1, -0.05) is 0 Å². The van der Waals surface area contributed by atoms with E-state index in [1.807, 2.05) is 0 Å². The van der Waals surface area contributed by atoms with E-state index in [0.717, 1.165) is 0 Å². The van der Waals surface area contributed by atoms with Gasteiger partial charge in [-0.15, -0.1) is 11.3 Å². The molecule has 68 valence electrons. The Balaban J connectivity index is 2.74. The molecule has 0 saturated carbocycles. The van der Waals surface area contributed by atoms with Gasteiger partial charge < -0.3 is 10.8 Å². The van der Waals surface area contributed by atoms with Crippen LogP contribution in [0.5, 0.6) is 0 Å². The second-order valence-electron chi connectivity index (χ2n) is 3.01. The van der Waals surface area contributed by atoms with Crippen molar-refractivity contribution in [2.24, 2.45) is 5.73 Å². The number of nitrogens with two attached hydrogens (primary N) is 1. The van der Waals surface area contributed by atoms with Crippen LogP contribution in [0.15, 0.2) is 6.07 Å². The molecule has 1 atom stereocenters. The third kappa shape index (κ3) is 2.06. The van der Waals surface area contributed by atoms with Crippen molar-refractivity contribution in [3.05, 3.63) is 21.4 Å². The topological polar surface area (TPSA) is 46.2 Å². The van der Waals surface area contributed by atoms with Gasteiger partial charge in [-0.2, -0.15) is 0 Å². The highest BCUT2D eigenvalue weighted by Gasteiger charge is 2.08. The number of rotatable bonds is 3. The van der Waals surface area contributed by atoms with Crippen LogP contribution in [0.3, 0.4) is 0 Å². The Hall–Kier alpha value is -0.380. The monoisotopic (exact) mass is 185 g/mol. The van der Waals surface area contributed by atoms with Crippen molar-refractivity contribution >= 4 is 11.3 Å². The Morgan fingerprint density at radius 2 is 2.25 bits per heavy atom. The molecule has 3 heteroatoms. The molecule has 1 heterocycles. The molecule has 2 nitrogen and oxygen atoms in total. The van der Waals surface area contributed by atoms with E-state index in [2.05, 4.69) is 19.9 Å². The van der Waals surface area contributed by atoms with Gasteiger partial charge in [0.15, 0.2) is 0 Å². The quantitative estimate of drug-likeness (QED) is 0.753. The minimum absolute atomic E-state index is 0.00685. The maximum Gasteiger partial charge on any atom is 0.0449 e. The van der Waals surface area contributed by atoms with E-state index in [4.69, 9.17) is 10.8 Å². The van der Waals surface area contributed by atoms with Crippen LogP contribution >= 0.6 is 11.3 Å². The summed E-state index contributed by atoms with van der Waals surface area (Å²) in [4.78, 5) is 2.50. The molecule has 0 aliphatic carbocycles. The van der Waals surface area contributed by atoms with Crippen molar-refractivity contribution < 1.29 is 5.11 Å². The fourth-order valence-electron chi connectivity index (χ4n) is 1.07. The van der Waals surface area contributed by atoms with E-state index in [0.29, 0.717) is 6.42 Å². The zero-order valence-electron chi connectivity index (χ0n) is 7.50. The maximum atomic E-state index is 8.70. The summed E-state index contributed by atoms with van der Waals surface area (Å²) in [5, 5.41) is 8.70. The standard InChI is InChI=1S/C9H15NOS/c1-6-5-9(12-7(6)2)8(10)3-4-11/h5,8,11H,3-4,10H2,1-2H3/t8-/m0/s1. The zero-order chi connectivity index (χ0) is 9.14. The summed E-state index contributed by atoms with van der Waals surface area (Å²) >= 11 is 1.73. The predicted molar refractivity (Wildman–Crippen MR) is 52.4 cm³/mol. The third-order valence-corrected chi connectivity index (χ3v) is 3.28. The van der Waals surface area contributed by atoms with Gasteiger partial charge in [-0.05, 0) is 31.9 Å². The fourth-order valence-corrected chi connectivity index (χ4v) is 2.14. The predicted octanol–water partition coefficient (Wildman–Crippen LogP) is 1.75. The van der Waals surface area contributed by atoms with Crippen molar-refractivity contribution in [2.45, 2.75) is 26.3 Å². The lowest BCUT2D eigenvalue weighted by molar-refractivity contribution is 0.277. The van der Waals surface area contributed by atoms with E-state index < -0.39 is 0 Å². The SMILES string of the molecule is Cc1cc([C@@H](N)CCO)sc1C. The normalized spacial score (nSPS) is 13.3. The average molecular weight is 185 g/mol. The maximum absolute atomic E-state index is 8.70. The molecule has 1 aromatic rings. The summed E-state index contributed by atoms with van der Waals surface area (Å²) in [5.74, 6) is 0. The van der Waals surface area contributed by atoms with Crippen LogP contribution in [0, 0.1) is 13.8 Å². The van der Waals surface area contributed by atoms with Crippen LogP contribution in [0.1, 0.15) is 27.8 Å². The summed E-state index contributed by atoms with van der Waals surface area (Å²) in [6, 6.07) is 2.12. The first-order valence-corrected chi connectivity index (χ1v) is 4.90. The lowest BCUT2D eigenvalue weighted by atomic mass is 10.1. The lowest BCUT2D eigenvalue weighted by Crippen LogP contribution is -2.09. The molecule has 3 N–H and O–H groups in total. The largest absolute Gasteiger partial charge is 0.396 e. The highest BCUT2D eigenvalue weighted by Crippen LogP contribution is 2.26. The Kier molecular flexibility index (Phi) is 3.26. The average Bonchev–Trinajstić information content (AvgIpc) is 2.33. The fraction of sp³-hybridized carbons (Fsp3) is 0.556. The van der Waals surface area contributed by atoms with E-state index in [-0.39, 0.29) is 12.6 Å². The first kappa shape index (κ1) is 9.71. The number of hydrogen-bond donors (Lipinski definition) is 2. The minimum atomic E-state index is 0.00685. The zero-order valence-corrected chi connectivity index (χ0v) is 8.32. The van der Waals surface area contributed by atoms with Gasteiger partial charge in [0.1, 0.15) is 0 Å². The minimum Gasteiger partial charge on any atom is -0.396 e. The van der Waals surface area contributed by atoms with Gasteiger partial charge in [-0.25, -0.2) is 0 Å². The first-order chi connectivity index (χ1) is 5.65. The van der Waals surface area contributed by atoms with Crippen molar-refractivity contribution in [2.75, 3.05) is 6.61 Å². The van der Waals surface area contributed by atoms with Gasteiger partial charge in [0.25, 0.3) is 0 Å². The van der Waals surface area contributed by atoms with Crippen LogP contribution in [0.2, 0.25) is 0 Å². The van der Waals surface area contributed by atoms with Crippen LogP contribution in [-0.4, -0.2) is 11.7 Å². The van der Waals surface area contributed by atoms with E-state index in [9.17, 15) is 0 Å². The first-order valence-electron chi connectivity index (χ1n) is 4.08. The summed E-state index contributed by atoms with van der Waals surface area (Å²) in [6.45, 7) is 4.34. The van der Waals surface area contributed by atoms with Crippen LogP contribution in [-0.2, 0) is 0 Å². The molecule has 1 aromatic heterocycles. The molecule has 12 heavy (non-hydrogen) atoms. The third-order valence-electron chi connectivity index (χ3n) is 1.99. The summed E-state index contributed by atoms with van der Waals surface area (Å²) < 4.78 is 0. The van der Waals surface area contributed by atoms with Crippen molar-refractivity contribution in [3.63, 3.8) is 0 Å². The van der Waals surface area contributed by atoms with Crippen molar-refractivity contribution in [1.82, 2.24) is 0 Å².